The van der Waals surface area contributed by atoms with Gasteiger partial charge >= 0.3 is 0 Å². The Bertz CT molecular complexity index is 590. The smallest absolute Gasteiger partial charge is 0.231 e. The van der Waals surface area contributed by atoms with Crippen LogP contribution in [0.2, 0.25) is 0 Å². The van der Waals surface area contributed by atoms with Crippen molar-refractivity contribution in [3.05, 3.63) is 47.8 Å². The maximum Gasteiger partial charge on any atom is 0.231 e. The molecule has 1 aromatic heterocycles. The molecule has 0 unspecified atom stereocenters. The molecule has 0 saturated carbocycles. The summed E-state index contributed by atoms with van der Waals surface area (Å²) in [7, 11) is 0. The number of primary amides is 1. The average molecular weight is 287 g/mol. The van der Waals surface area contributed by atoms with Gasteiger partial charge in [-0.05, 0) is 24.6 Å². The minimum absolute atomic E-state index is 0.210. The fourth-order valence-electron chi connectivity index (χ4n) is 2.19. The van der Waals surface area contributed by atoms with Gasteiger partial charge in [0.05, 0.1) is 12.7 Å². The van der Waals surface area contributed by atoms with Crippen molar-refractivity contribution in [3.8, 4) is 0 Å². The molecular weight excluding hydrogens is 266 g/mol. The highest BCUT2D eigenvalue weighted by atomic mass is 16.1. The maximum absolute atomic E-state index is 11.2. The predicted molar refractivity (Wildman–Crippen MR) is 82.1 cm³/mol. The average Bonchev–Trinajstić information content (AvgIpc) is 2.88. The van der Waals surface area contributed by atoms with Crippen molar-refractivity contribution in [1.82, 2.24) is 14.7 Å². The lowest BCUT2D eigenvalue weighted by molar-refractivity contribution is -0.119. The Labute approximate surface area is 124 Å². The van der Waals surface area contributed by atoms with Gasteiger partial charge in [-0.3, -0.25) is 14.4 Å². The molecule has 0 aliphatic carbocycles. The van der Waals surface area contributed by atoms with Gasteiger partial charge in [0.1, 0.15) is 0 Å². The molecule has 0 atom stereocenters. The zero-order chi connectivity index (χ0) is 15.2. The van der Waals surface area contributed by atoms with Gasteiger partial charge < -0.3 is 11.5 Å². The van der Waals surface area contributed by atoms with E-state index in [4.69, 9.17) is 11.5 Å². The fraction of sp³-hybridized carbons (Fsp3) is 0.333. The van der Waals surface area contributed by atoms with Crippen LogP contribution in [0.1, 0.15) is 18.1 Å². The summed E-state index contributed by atoms with van der Waals surface area (Å²) in [6, 6.07) is 7.62. The fourth-order valence-corrected chi connectivity index (χ4v) is 2.19. The zero-order valence-corrected chi connectivity index (χ0v) is 12.2. The number of carbonyl (C=O) groups is 1. The van der Waals surface area contributed by atoms with Crippen LogP contribution in [-0.2, 0) is 24.4 Å². The van der Waals surface area contributed by atoms with Gasteiger partial charge in [-0.25, -0.2) is 0 Å². The molecule has 0 radical (unpaired) electrons. The molecule has 0 aliphatic rings. The number of benzene rings is 1. The van der Waals surface area contributed by atoms with Crippen molar-refractivity contribution in [2.24, 2.45) is 5.73 Å². The Hall–Kier alpha value is -2.34. The van der Waals surface area contributed by atoms with Crippen LogP contribution in [0.5, 0.6) is 0 Å². The summed E-state index contributed by atoms with van der Waals surface area (Å²) in [4.78, 5) is 13.2. The van der Waals surface area contributed by atoms with Gasteiger partial charge in [-0.1, -0.05) is 12.1 Å². The number of hydrogen-bond acceptors (Lipinski definition) is 4. The predicted octanol–water partition coefficient (Wildman–Crippen LogP) is 0.973. The number of nitrogen functional groups attached to an aromatic ring is 1. The molecule has 6 nitrogen and oxygen atoms in total. The Morgan fingerprint density at radius 1 is 1.24 bits per heavy atom. The van der Waals surface area contributed by atoms with Crippen LogP contribution in [0, 0.1) is 0 Å². The number of amides is 1. The van der Waals surface area contributed by atoms with E-state index in [9.17, 15) is 4.79 Å². The molecule has 112 valence electrons. The molecule has 0 spiro atoms. The van der Waals surface area contributed by atoms with Crippen molar-refractivity contribution < 1.29 is 4.79 Å². The van der Waals surface area contributed by atoms with Crippen molar-refractivity contribution in [2.45, 2.75) is 26.6 Å². The second-order valence-electron chi connectivity index (χ2n) is 5.06. The summed E-state index contributed by atoms with van der Waals surface area (Å²) in [5.74, 6) is -0.340. The number of nitrogens with two attached hydrogens (primary N) is 2. The van der Waals surface area contributed by atoms with Crippen LogP contribution in [0.4, 0.5) is 5.69 Å². The number of aryl methyl sites for hydroxylation is 1. The van der Waals surface area contributed by atoms with Gasteiger partial charge in [0.15, 0.2) is 0 Å². The third kappa shape index (κ3) is 4.61. The Morgan fingerprint density at radius 3 is 2.48 bits per heavy atom. The minimum atomic E-state index is -0.340. The summed E-state index contributed by atoms with van der Waals surface area (Å²) in [5.41, 5.74) is 13.9. The highest BCUT2D eigenvalue weighted by Crippen LogP contribution is 2.11. The first-order valence-corrected chi connectivity index (χ1v) is 6.93. The maximum atomic E-state index is 11.2. The number of hydrogen-bond donors (Lipinski definition) is 2. The van der Waals surface area contributed by atoms with E-state index in [1.54, 1.807) is 0 Å². The van der Waals surface area contributed by atoms with E-state index < -0.39 is 0 Å². The molecule has 1 amide bonds. The molecule has 1 aromatic carbocycles. The van der Waals surface area contributed by atoms with Crippen LogP contribution in [-0.4, -0.2) is 27.1 Å². The first-order valence-electron chi connectivity index (χ1n) is 6.93. The molecular formula is C15H21N5O. The summed E-state index contributed by atoms with van der Waals surface area (Å²) < 4.78 is 1.86. The Balaban J connectivity index is 2.06. The van der Waals surface area contributed by atoms with Crippen molar-refractivity contribution >= 4 is 11.6 Å². The highest BCUT2D eigenvalue weighted by molar-refractivity contribution is 5.75. The molecule has 0 saturated heterocycles. The second-order valence-corrected chi connectivity index (χ2v) is 5.06. The molecule has 0 bridgehead atoms. The van der Waals surface area contributed by atoms with Crippen molar-refractivity contribution in [3.63, 3.8) is 0 Å². The zero-order valence-electron chi connectivity index (χ0n) is 12.2. The molecule has 4 N–H and O–H groups in total. The number of carbonyl (C=O) groups excluding carboxylic acids is 1. The first-order chi connectivity index (χ1) is 10.1. The third-order valence-electron chi connectivity index (χ3n) is 3.18. The molecule has 0 fully saturated rings. The van der Waals surface area contributed by atoms with Crippen LogP contribution >= 0.6 is 0 Å². The van der Waals surface area contributed by atoms with Crippen molar-refractivity contribution in [2.75, 3.05) is 12.3 Å². The molecule has 0 aliphatic heterocycles. The molecule has 21 heavy (non-hydrogen) atoms. The molecule has 2 aromatic rings. The van der Waals surface area contributed by atoms with Gasteiger partial charge in [0.2, 0.25) is 5.91 Å². The largest absolute Gasteiger partial charge is 0.399 e. The molecule has 1 heterocycles. The molecule has 2 rings (SSSR count). The number of rotatable bonds is 7. The normalized spacial score (nSPS) is 11.0. The summed E-state index contributed by atoms with van der Waals surface area (Å²) >= 11 is 0. The Morgan fingerprint density at radius 2 is 1.90 bits per heavy atom. The van der Waals surface area contributed by atoms with E-state index in [0.717, 1.165) is 23.4 Å². The van der Waals surface area contributed by atoms with E-state index in [0.29, 0.717) is 13.1 Å². The van der Waals surface area contributed by atoms with E-state index in [1.807, 2.05) is 53.2 Å². The van der Waals surface area contributed by atoms with E-state index in [2.05, 4.69) is 5.10 Å². The SMILES string of the molecule is CCn1cc(CN(CC(N)=O)Cc2ccc(N)cc2)cn1. The monoisotopic (exact) mass is 287 g/mol. The third-order valence-corrected chi connectivity index (χ3v) is 3.18. The van der Waals surface area contributed by atoms with Gasteiger partial charge in [0.25, 0.3) is 0 Å². The summed E-state index contributed by atoms with van der Waals surface area (Å²) in [6.45, 7) is 4.34. The van der Waals surface area contributed by atoms with Crippen LogP contribution < -0.4 is 11.5 Å². The van der Waals surface area contributed by atoms with Gasteiger partial charge in [-0.2, -0.15) is 5.10 Å². The number of anilines is 1. The van der Waals surface area contributed by atoms with Gasteiger partial charge in [0, 0.05) is 37.1 Å². The van der Waals surface area contributed by atoms with Crippen LogP contribution in [0.25, 0.3) is 0 Å². The first kappa shape index (κ1) is 15.1. The summed E-state index contributed by atoms with van der Waals surface area (Å²) in [6.07, 6.45) is 3.80. The van der Waals surface area contributed by atoms with Crippen LogP contribution in [0.15, 0.2) is 36.7 Å². The lowest BCUT2D eigenvalue weighted by atomic mass is 10.2. The Kier molecular flexibility index (Phi) is 4.94. The standard InChI is InChI=1S/C15H21N5O/c1-2-20-10-13(7-18-20)9-19(11-15(17)21)8-12-3-5-14(16)6-4-12/h3-7,10H,2,8-9,11,16H2,1H3,(H2,17,21). The lowest BCUT2D eigenvalue weighted by Crippen LogP contribution is -2.32. The lowest BCUT2D eigenvalue weighted by Gasteiger charge is -2.20. The number of aromatic nitrogens is 2. The topological polar surface area (TPSA) is 90.2 Å². The number of nitrogens with zero attached hydrogens (tertiary/aromatic N) is 3. The summed E-state index contributed by atoms with van der Waals surface area (Å²) in [5, 5.41) is 4.24. The van der Waals surface area contributed by atoms with E-state index in [-0.39, 0.29) is 12.5 Å². The molecule has 6 heteroatoms. The second kappa shape index (κ2) is 6.90. The highest BCUT2D eigenvalue weighted by Gasteiger charge is 2.11. The van der Waals surface area contributed by atoms with Crippen LogP contribution in [0.3, 0.4) is 0 Å². The van der Waals surface area contributed by atoms with Gasteiger partial charge in [-0.15, -0.1) is 0 Å². The van der Waals surface area contributed by atoms with E-state index >= 15 is 0 Å². The van der Waals surface area contributed by atoms with Crippen molar-refractivity contribution in [1.29, 1.82) is 0 Å². The quantitative estimate of drug-likeness (QED) is 0.743. The van der Waals surface area contributed by atoms with E-state index in [1.165, 1.54) is 0 Å². The minimum Gasteiger partial charge on any atom is -0.399 e.